The van der Waals surface area contributed by atoms with Gasteiger partial charge in [-0.3, -0.25) is 9.11 Å². The van der Waals surface area contributed by atoms with E-state index in [0.717, 1.165) is 29.0 Å². The van der Waals surface area contributed by atoms with Crippen LogP contribution in [0.1, 0.15) is 6.92 Å². The Morgan fingerprint density at radius 1 is 0.636 bits per heavy atom. The van der Waals surface area contributed by atoms with Gasteiger partial charge in [-0.25, -0.2) is 0 Å². The van der Waals surface area contributed by atoms with Crippen LogP contribution in [0.4, 0.5) is 22.7 Å². The molecule has 12 nitrogen and oxygen atoms in total. The number of phenolic OH excluding ortho intramolecular Hbond substituents is 1. The zero-order chi connectivity index (χ0) is 31.5. The molecule has 0 atom stereocenters. The van der Waals surface area contributed by atoms with Gasteiger partial charge in [-0.15, -0.1) is 5.11 Å². The normalized spacial score (nSPS) is 12.3. The second kappa shape index (κ2) is 12.3. The van der Waals surface area contributed by atoms with Crippen LogP contribution in [0.5, 0.6) is 11.5 Å². The average Bonchev–Trinajstić information content (AvgIpc) is 2.99. The molecule has 5 rings (SSSR count). The standard InChI is InChI=1S/C30H24N4O8S2/c1-2-42-25-14-12-24(13-15-25)32-31-22-8-3-19(4-9-22)20-5-10-23(11-6-20)33-34-30-27(35)16-7-21-17-26(43(36,37)38)18-28(29(21)30)44(39,40)41/h3-18,35H,2H2,1H3,(H,36,37,38)(H,39,40,41). The van der Waals surface area contributed by atoms with Gasteiger partial charge in [0.15, 0.2) is 0 Å². The fourth-order valence-corrected chi connectivity index (χ4v) is 5.63. The zero-order valence-corrected chi connectivity index (χ0v) is 24.6. The topological polar surface area (TPSA) is 188 Å². The van der Waals surface area contributed by atoms with Crippen molar-refractivity contribution in [2.45, 2.75) is 16.7 Å². The van der Waals surface area contributed by atoms with E-state index in [1.165, 1.54) is 6.07 Å². The fraction of sp³-hybridized carbons (Fsp3) is 0.0667. The highest BCUT2D eigenvalue weighted by Gasteiger charge is 2.24. The van der Waals surface area contributed by atoms with Crippen molar-refractivity contribution in [3.05, 3.63) is 97.1 Å². The fourth-order valence-electron chi connectivity index (χ4n) is 4.26. The molecule has 0 aliphatic carbocycles. The van der Waals surface area contributed by atoms with Crippen molar-refractivity contribution in [3.63, 3.8) is 0 Å². The lowest BCUT2D eigenvalue weighted by Crippen LogP contribution is -2.04. The van der Waals surface area contributed by atoms with E-state index >= 15 is 0 Å². The first-order valence-electron chi connectivity index (χ1n) is 12.9. The summed E-state index contributed by atoms with van der Waals surface area (Å²) in [4.78, 5) is -1.63. The number of hydrogen-bond acceptors (Lipinski definition) is 10. The Bertz CT molecular complexity index is 2110. The highest BCUT2D eigenvalue weighted by molar-refractivity contribution is 7.86. The number of azo groups is 2. The van der Waals surface area contributed by atoms with Crippen LogP contribution >= 0.6 is 0 Å². The van der Waals surface area contributed by atoms with Crippen LogP contribution in [0.3, 0.4) is 0 Å². The second-order valence-corrected chi connectivity index (χ2v) is 12.1. The van der Waals surface area contributed by atoms with Gasteiger partial charge in [-0.1, -0.05) is 30.3 Å². The maximum Gasteiger partial charge on any atom is 0.295 e. The van der Waals surface area contributed by atoms with Gasteiger partial charge in [0.05, 0.1) is 28.6 Å². The van der Waals surface area contributed by atoms with E-state index in [1.54, 1.807) is 24.3 Å². The third-order valence-corrected chi connectivity index (χ3v) is 8.05. The van der Waals surface area contributed by atoms with Gasteiger partial charge in [-0.05, 0) is 90.2 Å². The summed E-state index contributed by atoms with van der Waals surface area (Å²) in [6.45, 7) is 2.50. The number of rotatable bonds is 9. The Kier molecular flexibility index (Phi) is 8.51. The maximum absolute atomic E-state index is 12.1. The molecule has 5 aromatic rings. The smallest absolute Gasteiger partial charge is 0.295 e. The Morgan fingerprint density at radius 3 is 1.61 bits per heavy atom. The van der Waals surface area contributed by atoms with Crippen molar-refractivity contribution >= 4 is 53.8 Å². The molecule has 0 unspecified atom stereocenters. The molecule has 3 N–H and O–H groups in total. The lowest BCUT2D eigenvalue weighted by Gasteiger charge is -2.10. The molecule has 0 aliphatic heterocycles. The SMILES string of the molecule is CCOc1ccc(N=Nc2ccc(-c3ccc(N=Nc4c(O)ccc5cc(S(=O)(=O)O)cc(S(=O)(=O)O)c45)cc3)cc2)cc1. The van der Waals surface area contributed by atoms with Crippen molar-refractivity contribution in [1.29, 1.82) is 0 Å². The first kappa shape index (κ1) is 30.4. The van der Waals surface area contributed by atoms with Crippen molar-refractivity contribution in [2.24, 2.45) is 20.5 Å². The quantitative estimate of drug-likeness (QED) is 0.108. The second-order valence-electron chi connectivity index (χ2n) is 9.32. The van der Waals surface area contributed by atoms with Gasteiger partial charge in [0.25, 0.3) is 20.2 Å². The van der Waals surface area contributed by atoms with Crippen molar-refractivity contribution in [3.8, 4) is 22.6 Å². The highest BCUT2D eigenvalue weighted by Crippen LogP contribution is 2.41. The third-order valence-electron chi connectivity index (χ3n) is 6.34. The minimum atomic E-state index is -5.00. The Morgan fingerprint density at radius 2 is 1.14 bits per heavy atom. The molecule has 0 bridgehead atoms. The molecule has 0 saturated heterocycles. The summed E-state index contributed by atoms with van der Waals surface area (Å²) in [6.07, 6.45) is 0. The van der Waals surface area contributed by atoms with Crippen LogP contribution in [0.25, 0.3) is 21.9 Å². The number of aromatic hydroxyl groups is 1. The zero-order valence-electron chi connectivity index (χ0n) is 22.9. The van der Waals surface area contributed by atoms with Gasteiger partial charge in [-0.2, -0.15) is 32.2 Å². The van der Waals surface area contributed by atoms with Crippen molar-refractivity contribution in [2.75, 3.05) is 6.61 Å². The first-order chi connectivity index (χ1) is 20.9. The largest absolute Gasteiger partial charge is 0.506 e. The van der Waals surface area contributed by atoms with Crippen LogP contribution in [0, 0.1) is 0 Å². The van der Waals surface area contributed by atoms with Gasteiger partial charge in [0, 0.05) is 5.39 Å². The molecular weight excluding hydrogens is 608 g/mol. The van der Waals surface area contributed by atoms with E-state index in [4.69, 9.17) is 4.74 Å². The van der Waals surface area contributed by atoms with E-state index in [9.17, 15) is 31.0 Å². The minimum absolute atomic E-state index is 0.0303. The number of nitrogens with zero attached hydrogens (tertiary/aromatic N) is 4. The summed E-state index contributed by atoms with van der Waals surface area (Å²) in [7, 11) is -9.81. The molecule has 14 heteroatoms. The van der Waals surface area contributed by atoms with E-state index in [-0.39, 0.29) is 16.5 Å². The van der Waals surface area contributed by atoms with E-state index < -0.39 is 35.8 Å². The van der Waals surface area contributed by atoms with Crippen LogP contribution in [-0.4, -0.2) is 37.7 Å². The average molecular weight is 633 g/mol. The van der Waals surface area contributed by atoms with Gasteiger partial charge in [0.2, 0.25) is 0 Å². The molecule has 0 spiro atoms. The molecule has 0 aliphatic rings. The van der Waals surface area contributed by atoms with E-state index in [2.05, 4.69) is 20.5 Å². The Balaban J connectivity index is 1.38. The molecular formula is C30H24N4O8S2. The van der Waals surface area contributed by atoms with Crippen molar-refractivity contribution < 1.29 is 35.8 Å². The maximum atomic E-state index is 12.1. The van der Waals surface area contributed by atoms with Crippen LogP contribution in [0.15, 0.2) is 127 Å². The lowest BCUT2D eigenvalue weighted by molar-refractivity contribution is 0.340. The number of benzene rings is 5. The molecule has 0 amide bonds. The number of phenols is 1. The highest BCUT2D eigenvalue weighted by atomic mass is 32.2. The number of fused-ring (bicyclic) bond motifs is 1. The molecule has 5 aromatic carbocycles. The van der Waals surface area contributed by atoms with Gasteiger partial charge in [0.1, 0.15) is 22.1 Å². The molecule has 0 aromatic heterocycles. The van der Waals surface area contributed by atoms with E-state index in [1.807, 2.05) is 55.5 Å². The summed E-state index contributed by atoms with van der Waals surface area (Å²) >= 11 is 0. The van der Waals surface area contributed by atoms with E-state index in [0.29, 0.717) is 29.7 Å². The summed E-state index contributed by atoms with van der Waals surface area (Å²) in [5.41, 5.74) is 3.14. The molecule has 0 radical (unpaired) electrons. The number of hydrogen-bond donors (Lipinski definition) is 3. The predicted octanol–water partition coefficient (Wildman–Crippen LogP) is 7.94. The number of ether oxygens (including phenoxy) is 1. The Hall–Kier alpha value is -5.02. The third kappa shape index (κ3) is 6.95. The van der Waals surface area contributed by atoms with Crippen LogP contribution < -0.4 is 4.74 Å². The molecule has 0 fully saturated rings. The first-order valence-corrected chi connectivity index (χ1v) is 15.8. The Labute approximate surface area is 252 Å². The molecule has 0 saturated carbocycles. The molecule has 44 heavy (non-hydrogen) atoms. The molecule has 224 valence electrons. The van der Waals surface area contributed by atoms with Crippen LogP contribution in [0.2, 0.25) is 0 Å². The van der Waals surface area contributed by atoms with Gasteiger partial charge >= 0.3 is 0 Å². The van der Waals surface area contributed by atoms with Crippen LogP contribution in [-0.2, 0) is 20.2 Å². The summed E-state index contributed by atoms with van der Waals surface area (Å²) < 4.78 is 72.1. The lowest BCUT2D eigenvalue weighted by atomic mass is 10.1. The molecule has 0 heterocycles. The summed E-state index contributed by atoms with van der Waals surface area (Å²) in [5.74, 6) is 0.292. The minimum Gasteiger partial charge on any atom is -0.506 e. The van der Waals surface area contributed by atoms with Crippen molar-refractivity contribution in [1.82, 2.24) is 0 Å². The van der Waals surface area contributed by atoms with Gasteiger partial charge < -0.3 is 9.84 Å². The predicted molar refractivity (Wildman–Crippen MR) is 163 cm³/mol. The monoisotopic (exact) mass is 632 g/mol. The summed E-state index contributed by atoms with van der Waals surface area (Å²) in [6, 6.07) is 25.5. The summed E-state index contributed by atoms with van der Waals surface area (Å²) in [5, 5.41) is 26.7.